The number of aliphatic hydroxyl groups is 3. The Labute approximate surface area is 409 Å². The van der Waals surface area contributed by atoms with Crippen molar-refractivity contribution in [3.63, 3.8) is 0 Å². The number of ether oxygens (including phenoxy) is 2. The van der Waals surface area contributed by atoms with Crippen LogP contribution in [0.25, 0.3) is 0 Å². The van der Waals surface area contributed by atoms with Gasteiger partial charge in [-0.25, -0.2) is 13.7 Å². The predicted octanol–water partition coefficient (Wildman–Crippen LogP) is 9.18. The summed E-state index contributed by atoms with van der Waals surface area (Å²) in [6.07, 6.45) is 26.7. The van der Waals surface area contributed by atoms with Crippen LogP contribution in [0.3, 0.4) is 0 Å². The normalized spacial score (nSPS) is 21.8. The highest BCUT2D eigenvalue weighted by Gasteiger charge is 2.56. The first-order valence-corrected chi connectivity index (χ1v) is 29.1. The lowest BCUT2D eigenvalue weighted by Gasteiger charge is -2.44. The molecule has 19 nitrogen and oxygen atoms in total. The Morgan fingerprint density at radius 2 is 0.855 bits per heavy atom. The molecular formula is C47H83O19P3. The van der Waals surface area contributed by atoms with Crippen LogP contribution in [-0.2, 0) is 50.9 Å². The van der Waals surface area contributed by atoms with Gasteiger partial charge in [-0.3, -0.25) is 27.7 Å². The number of esters is 2. The minimum atomic E-state index is -5.61. The van der Waals surface area contributed by atoms with Gasteiger partial charge in [0, 0.05) is 12.8 Å². The van der Waals surface area contributed by atoms with Gasteiger partial charge in [0.15, 0.2) is 6.10 Å². The first kappa shape index (κ1) is 64.9. The molecule has 0 aromatic rings. The number of carbonyl (C=O) groups excluding carboxylic acids is 2. The number of carbonyl (C=O) groups is 2. The van der Waals surface area contributed by atoms with E-state index in [1.807, 2.05) is 18.2 Å². The van der Waals surface area contributed by atoms with Crippen molar-refractivity contribution >= 4 is 35.4 Å². The lowest BCUT2D eigenvalue weighted by Crippen LogP contribution is -2.65. The molecule has 22 heteroatoms. The van der Waals surface area contributed by atoms with Gasteiger partial charge in [-0.1, -0.05) is 139 Å². The van der Waals surface area contributed by atoms with Crippen LogP contribution in [0.2, 0.25) is 0 Å². The molecule has 0 aliphatic heterocycles. The fraction of sp³-hybridized carbons (Fsp3) is 0.745. The topological polar surface area (TPSA) is 303 Å². The van der Waals surface area contributed by atoms with E-state index in [1.54, 1.807) is 0 Å². The number of aliphatic hydroxyl groups excluding tert-OH is 3. The van der Waals surface area contributed by atoms with Crippen LogP contribution in [0, 0.1) is 0 Å². The molecule has 1 aliphatic rings. The first-order valence-electron chi connectivity index (χ1n) is 24.6. The molecule has 69 heavy (non-hydrogen) atoms. The summed E-state index contributed by atoms with van der Waals surface area (Å²) in [6, 6.07) is 0. The second-order valence-corrected chi connectivity index (χ2v) is 20.8. The molecule has 0 heterocycles. The first-order chi connectivity index (χ1) is 32.8. The van der Waals surface area contributed by atoms with Gasteiger partial charge in [-0.2, -0.15) is 0 Å². The highest BCUT2D eigenvalue weighted by Crippen LogP contribution is 2.51. The SMILES string of the molecule is CCCCCC=CCC=CCC=CCC=CCCCC(=O)O[C@H](COC(=O)CCCCCCCCCC=CCCCCCC)COP(=O)(O)O[C@H]1C(O)C(O)C(OP(=O)(O)O)[C@@H](OP(=O)(O)O)C1O. The molecule has 1 aliphatic carbocycles. The molecule has 0 aromatic heterocycles. The van der Waals surface area contributed by atoms with Crippen molar-refractivity contribution in [2.45, 2.75) is 211 Å². The van der Waals surface area contributed by atoms with Gasteiger partial charge in [-0.05, 0) is 77.0 Å². The van der Waals surface area contributed by atoms with Crippen molar-refractivity contribution in [1.29, 1.82) is 0 Å². The van der Waals surface area contributed by atoms with Gasteiger partial charge in [0.2, 0.25) is 0 Å². The van der Waals surface area contributed by atoms with Crippen molar-refractivity contribution in [3.05, 3.63) is 60.8 Å². The molecule has 1 rings (SSSR count). The lowest BCUT2D eigenvalue weighted by molar-refractivity contribution is -0.213. The highest BCUT2D eigenvalue weighted by molar-refractivity contribution is 7.47. The zero-order chi connectivity index (χ0) is 51.4. The van der Waals surface area contributed by atoms with E-state index in [1.165, 1.54) is 44.9 Å². The Balaban J connectivity index is 2.77. The van der Waals surface area contributed by atoms with Gasteiger partial charge >= 0.3 is 35.4 Å². The van der Waals surface area contributed by atoms with E-state index in [4.69, 9.17) is 18.5 Å². The van der Waals surface area contributed by atoms with Crippen LogP contribution in [0.4, 0.5) is 0 Å². The Kier molecular flexibility index (Phi) is 36.2. The van der Waals surface area contributed by atoms with Gasteiger partial charge in [0.05, 0.1) is 6.61 Å². The molecule has 1 fully saturated rings. The van der Waals surface area contributed by atoms with E-state index in [0.29, 0.717) is 25.7 Å². The summed E-state index contributed by atoms with van der Waals surface area (Å²) in [5, 5.41) is 31.9. The number of phosphoric ester groups is 3. The van der Waals surface area contributed by atoms with Crippen LogP contribution in [0.1, 0.15) is 168 Å². The molecule has 0 saturated heterocycles. The molecule has 0 aromatic carbocycles. The quantitative estimate of drug-likeness (QED) is 0.0122. The van der Waals surface area contributed by atoms with E-state index in [2.05, 4.69) is 65.4 Å². The van der Waals surface area contributed by atoms with Crippen molar-refractivity contribution in [2.24, 2.45) is 0 Å². The molecular weight excluding hydrogens is 961 g/mol. The maximum absolute atomic E-state index is 13.1. The van der Waals surface area contributed by atoms with E-state index in [0.717, 1.165) is 70.6 Å². The minimum absolute atomic E-state index is 0.0611. The smallest absolute Gasteiger partial charge is 0.462 e. The van der Waals surface area contributed by atoms with Crippen molar-refractivity contribution in [2.75, 3.05) is 13.2 Å². The molecule has 8 atom stereocenters. The Bertz CT molecular complexity index is 1670. The molecule has 1 saturated carbocycles. The summed E-state index contributed by atoms with van der Waals surface area (Å²) in [6.45, 7) is 2.86. The molecule has 0 amide bonds. The molecule has 400 valence electrons. The second kappa shape index (κ2) is 38.5. The lowest BCUT2D eigenvalue weighted by atomic mass is 9.85. The number of phosphoric acid groups is 3. The Morgan fingerprint density at radius 3 is 1.38 bits per heavy atom. The molecule has 0 bridgehead atoms. The average Bonchev–Trinajstić information content (AvgIpc) is 3.28. The van der Waals surface area contributed by atoms with Crippen LogP contribution in [-0.4, -0.2) is 108 Å². The summed E-state index contributed by atoms with van der Waals surface area (Å²) in [4.78, 5) is 73.2. The second-order valence-electron chi connectivity index (χ2n) is 17.0. The summed E-state index contributed by atoms with van der Waals surface area (Å²) in [5.41, 5.74) is 0. The van der Waals surface area contributed by atoms with Crippen LogP contribution in [0.15, 0.2) is 60.8 Å². The largest absolute Gasteiger partial charge is 0.472 e. The van der Waals surface area contributed by atoms with Gasteiger partial charge in [0.1, 0.15) is 43.2 Å². The predicted molar refractivity (Wildman–Crippen MR) is 261 cm³/mol. The standard InChI is InChI=1S/C47H83O19P3/c1-3-5-7-9-11-13-15-17-19-20-22-24-26-28-30-32-34-36-41(49)63-39(37-61-40(48)35-33-31-29-27-25-23-21-18-16-14-12-10-8-6-4-2)38-62-69(59,60)66-45-42(50)43(51)46(64-67(53,54)55)47(44(45)52)65-68(56,57)58/h11,13-14,16-17,19,22,24,28,30,39,42-47,50-52H,3-10,12,15,18,20-21,23,25-27,29,31-38H2,1-2H3,(H,59,60)(H2,53,54,55)(H2,56,57,58)/t39-,42?,43?,44?,45+,46?,47+/m1/s1. The third kappa shape index (κ3) is 34.8. The molecule has 5 unspecified atom stereocenters. The molecule has 0 radical (unpaired) electrons. The fourth-order valence-corrected chi connectivity index (χ4v) is 9.19. The maximum Gasteiger partial charge on any atom is 0.472 e. The average molecular weight is 1050 g/mol. The van der Waals surface area contributed by atoms with Crippen LogP contribution < -0.4 is 0 Å². The maximum atomic E-state index is 13.1. The number of rotatable bonds is 41. The number of unbranched alkanes of at least 4 members (excludes halogenated alkanes) is 15. The van der Waals surface area contributed by atoms with Crippen molar-refractivity contribution in [3.8, 4) is 0 Å². The summed E-state index contributed by atoms with van der Waals surface area (Å²) in [7, 11) is -16.6. The van der Waals surface area contributed by atoms with Gasteiger partial charge in [-0.15, -0.1) is 0 Å². The monoisotopic (exact) mass is 1040 g/mol. The third-order valence-electron chi connectivity index (χ3n) is 10.8. The third-order valence-corrected chi connectivity index (χ3v) is 12.8. The van der Waals surface area contributed by atoms with Crippen LogP contribution in [0.5, 0.6) is 0 Å². The van der Waals surface area contributed by atoms with Crippen molar-refractivity contribution < 1.29 is 90.6 Å². The Hall–Kier alpha value is -2.15. The molecule has 8 N–H and O–H groups in total. The van der Waals surface area contributed by atoms with E-state index < -0.39 is 91.3 Å². The van der Waals surface area contributed by atoms with E-state index in [9.17, 15) is 63.1 Å². The number of allylic oxidation sites excluding steroid dienone is 10. The highest BCUT2D eigenvalue weighted by atomic mass is 31.2. The van der Waals surface area contributed by atoms with Gasteiger partial charge < -0.3 is 49.3 Å². The summed E-state index contributed by atoms with van der Waals surface area (Å²) >= 11 is 0. The van der Waals surface area contributed by atoms with E-state index >= 15 is 0 Å². The molecule has 0 spiro atoms. The van der Waals surface area contributed by atoms with Crippen LogP contribution >= 0.6 is 23.5 Å². The zero-order valence-corrected chi connectivity index (χ0v) is 43.3. The zero-order valence-electron chi connectivity index (χ0n) is 40.6. The summed E-state index contributed by atoms with van der Waals surface area (Å²) in [5.74, 6) is -1.37. The van der Waals surface area contributed by atoms with E-state index in [-0.39, 0.29) is 12.8 Å². The van der Waals surface area contributed by atoms with Crippen molar-refractivity contribution in [1.82, 2.24) is 0 Å². The fourth-order valence-electron chi connectivity index (χ4n) is 7.10. The summed E-state index contributed by atoms with van der Waals surface area (Å²) < 4.78 is 65.4. The van der Waals surface area contributed by atoms with Gasteiger partial charge in [0.25, 0.3) is 0 Å². The Morgan fingerprint density at radius 1 is 0.464 bits per heavy atom. The number of hydrogen-bond acceptors (Lipinski definition) is 14. The number of hydrogen-bond donors (Lipinski definition) is 8. The minimum Gasteiger partial charge on any atom is -0.462 e.